The minimum Gasteiger partial charge on any atom is -0.478 e. The molecule has 0 aromatic heterocycles. The van der Waals surface area contributed by atoms with Crippen molar-refractivity contribution in [1.82, 2.24) is 10.2 Å². The van der Waals surface area contributed by atoms with Crippen LogP contribution in [0.25, 0.3) is 0 Å². The molecule has 0 bridgehead atoms. The van der Waals surface area contributed by atoms with E-state index >= 15 is 0 Å². The molecule has 114 valence electrons. The molecule has 5 nitrogen and oxygen atoms in total. The minimum absolute atomic E-state index is 0.101. The normalized spacial score (nSPS) is 15.3. The van der Waals surface area contributed by atoms with Gasteiger partial charge in [0.2, 0.25) is 0 Å². The molecule has 1 aliphatic rings. The lowest BCUT2D eigenvalue weighted by Gasteiger charge is -2.20. The lowest BCUT2D eigenvalue weighted by molar-refractivity contribution is 0.0695. The lowest BCUT2D eigenvalue weighted by Crippen LogP contribution is -2.40. The van der Waals surface area contributed by atoms with Gasteiger partial charge in [0.25, 0.3) is 0 Å². The molecule has 0 heterocycles. The first-order chi connectivity index (χ1) is 9.91. The van der Waals surface area contributed by atoms with Gasteiger partial charge in [0.1, 0.15) is 0 Å². The Morgan fingerprint density at radius 1 is 1.33 bits per heavy atom. The number of carbonyl (C=O) groups is 2. The van der Waals surface area contributed by atoms with Crippen LogP contribution in [-0.4, -0.2) is 42.1 Å². The quantitative estimate of drug-likeness (QED) is 0.845. The molecule has 0 spiro atoms. The van der Waals surface area contributed by atoms with Crippen molar-refractivity contribution in [3.05, 3.63) is 35.4 Å². The summed E-state index contributed by atoms with van der Waals surface area (Å²) >= 11 is 0. The Bertz CT molecular complexity index is 538. The van der Waals surface area contributed by atoms with E-state index in [1.165, 1.54) is 12.8 Å². The number of aromatic carboxylic acids is 1. The van der Waals surface area contributed by atoms with Crippen LogP contribution in [-0.2, 0) is 6.42 Å². The standard InChI is InChI=1S/C16H22N2O3/c1-16(8-9-16)11-17-15(21)18(2)10-7-12-5-3-4-6-13(12)14(19)20/h3-6H,7-11H2,1-2H3,(H,17,21)(H,19,20). The number of hydrogen-bond acceptors (Lipinski definition) is 2. The molecule has 1 fully saturated rings. The van der Waals surface area contributed by atoms with Crippen LogP contribution >= 0.6 is 0 Å². The number of carbonyl (C=O) groups excluding carboxylic acids is 1. The van der Waals surface area contributed by atoms with Crippen molar-refractivity contribution in [2.75, 3.05) is 20.1 Å². The summed E-state index contributed by atoms with van der Waals surface area (Å²) in [6.45, 7) is 3.37. The van der Waals surface area contributed by atoms with Crippen LogP contribution < -0.4 is 5.32 Å². The zero-order chi connectivity index (χ0) is 15.5. The fourth-order valence-electron chi connectivity index (χ4n) is 2.15. The van der Waals surface area contributed by atoms with Crippen LogP contribution in [0.15, 0.2) is 24.3 Å². The van der Waals surface area contributed by atoms with Gasteiger partial charge in [0, 0.05) is 20.1 Å². The molecule has 1 aromatic rings. The summed E-state index contributed by atoms with van der Waals surface area (Å²) < 4.78 is 0. The molecule has 21 heavy (non-hydrogen) atoms. The summed E-state index contributed by atoms with van der Waals surface area (Å²) in [5, 5.41) is 12.1. The van der Waals surface area contributed by atoms with Gasteiger partial charge in [-0.15, -0.1) is 0 Å². The smallest absolute Gasteiger partial charge is 0.335 e. The molecule has 1 saturated carbocycles. The van der Waals surface area contributed by atoms with Crippen LogP contribution in [0.4, 0.5) is 4.79 Å². The number of rotatable bonds is 6. The Kier molecular flexibility index (Phi) is 4.50. The Balaban J connectivity index is 1.84. The number of likely N-dealkylation sites (N-methyl/N-ethyl adjacent to an activating group) is 1. The van der Waals surface area contributed by atoms with Gasteiger partial charge in [-0.25, -0.2) is 9.59 Å². The van der Waals surface area contributed by atoms with E-state index in [1.54, 1.807) is 30.1 Å². The summed E-state index contributed by atoms with van der Waals surface area (Å²) in [5.74, 6) is -0.931. The fourth-order valence-corrected chi connectivity index (χ4v) is 2.15. The Hall–Kier alpha value is -2.04. The lowest BCUT2D eigenvalue weighted by atomic mass is 10.0. The Labute approximate surface area is 125 Å². The minimum atomic E-state index is -0.931. The van der Waals surface area contributed by atoms with Gasteiger partial charge >= 0.3 is 12.0 Å². The maximum absolute atomic E-state index is 12.0. The molecule has 0 aliphatic heterocycles. The Morgan fingerprint density at radius 2 is 2.00 bits per heavy atom. The number of carboxylic acid groups (broad SMARTS) is 1. The average Bonchev–Trinajstić information content (AvgIpc) is 3.20. The average molecular weight is 290 g/mol. The third kappa shape index (κ3) is 4.21. The van der Waals surface area contributed by atoms with Crippen LogP contribution in [0.1, 0.15) is 35.7 Å². The number of urea groups is 1. The van der Waals surface area contributed by atoms with Gasteiger partial charge in [-0.05, 0) is 36.3 Å². The molecular weight excluding hydrogens is 268 g/mol. The number of carboxylic acids is 1. The molecule has 5 heteroatoms. The molecule has 0 atom stereocenters. The maximum atomic E-state index is 12.0. The monoisotopic (exact) mass is 290 g/mol. The van der Waals surface area contributed by atoms with Crippen molar-refractivity contribution in [1.29, 1.82) is 0 Å². The molecule has 0 saturated heterocycles. The third-order valence-electron chi connectivity index (χ3n) is 4.08. The van der Waals surface area contributed by atoms with Gasteiger partial charge in [-0.1, -0.05) is 25.1 Å². The van der Waals surface area contributed by atoms with E-state index in [-0.39, 0.29) is 11.4 Å². The first-order valence-electron chi connectivity index (χ1n) is 7.21. The molecule has 1 aliphatic carbocycles. The molecular formula is C16H22N2O3. The van der Waals surface area contributed by atoms with Crippen molar-refractivity contribution < 1.29 is 14.7 Å². The SMILES string of the molecule is CN(CCc1ccccc1C(=O)O)C(=O)NCC1(C)CC1. The predicted octanol–water partition coefficient (Wildman–Crippen LogP) is 2.37. The fraction of sp³-hybridized carbons (Fsp3) is 0.500. The number of nitrogens with one attached hydrogen (secondary N) is 1. The molecule has 1 aromatic carbocycles. The second-order valence-electron chi connectivity index (χ2n) is 6.10. The number of hydrogen-bond donors (Lipinski definition) is 2. The van der Waals surface area contributed by atoms with Gasteiger partial charge in [0.15, 0.2) is 0 Å². The van der Waals surface area contributed by atoms with Crippen molar-refractivity contribution in [3.63, 3.8) is 0 Å². The molecule has 2 amide bonds. The van der Waals surface area contributed by atoms with Crippen molar-refractivity contribution >= 4 is 12.0 Å². The molecule has 2 rings (SSSR count). The first kappa shape index (κ1) is 15.4. The van der Waals surface area contributed by atoms with Gasteiger partial charge < -0.3 is 15.3 Å². The molecule has 0 radical (unpaired) electrons. The largest absolute Gasteiger partial charge is 0.478 e. The molecule has 2 N–H and O–H groups in total. The zero-order valence-corrected chi connectivity index (χ0v) is 12.6. The van der Waals surface area contributed by atoms with Gasteiger partial charge in [-0.3, -0.25) is 0 Å². The highest BCUT2D eigenvalue weighted by atomic mass is 16.4. The van der Waals surface area contributed by atoms with E-state index in [9.17, 15) is 9.59 Å². The summed E-state index contributed by atoms with van der Waals surface area (Å²) in [6.07, 6.45) is 2.87. The van der Waals surface area contributed by atoms with E-state index in [0.717, 1.165) is 5.56 Å². The second kappa shape index (κ2) is 6.16. The van der Waals surface area contributed by atoms with E-state index < -0.39 is 5.97 Å². The van der Waals surface area contributed by atoms with E-state index in [2.05, 4.69) is 12.2 Å². The number of amides is 2. The van der Waals surface area contributed by atoms with Gasteiger partial charge in [-0.2, -0.15) is 0 Å². The Morgan fingerprint density at radius 3 is 2.62 bits per heavy atom. The van der Waals surface area contributed by atoms with Crippen molar-refractivity contribution in [2.45, 2.75) is 26.2 Å². The zero-order valence-electron chi connectivity index (χ0n) is 12.6. The number of nitrogens with zero attached hydrogens (tertiary/aromatic N) is 1. The molecule has 0 unspecified atom stereocenters. The summed E-state index contributed by atoms with van der Waals surface area (Å²) in [6, 6.07) is 6.80. The highest BCUT2D eigenvalue weighted by Crippen LogP contribution is 2.44. The third-order valence-corrected chi connectivity index (χ3v) is 4.08. The highest BCUT2D eigenvalue weighted by molar-refractivity contribution is 5.89. The van der Waals surface area contributed by atoms with E-state index in [0.29, 0.717) is 25.1 Å². The second-order valence-corrected chi connectivity index (χ2v) is 6.10. The highest BCUT2D eigenvalue weighted by Gasteiger charge is 2.37. The predicted molar refractivity (Wildman–Crippen MR) is 80.5 cm³/mol. The number of benzene rings is 1. The summed E-state index contributed by atoms with van der Waals surface area (Å²) in [5.41, 5.74) is 1.34. The van der Waals surface area contributed by atoms with Crippen molar-refractivity contribution in [2.24, 2.45) is 5.41 Å². The topological polar surface area (TPSA) is 69.6 Å². The van der Waals surface area contributed by atoms with Crippen molar-refractivity contribution in [3.8, 4) is 0 Å². The van der Waals surface area contributed by atoms with E-state index in [1.807, 2.05) is 6.07 Å². The van der Waals surface area contributed by atoms with Crippen LogP contribution in [0.2, 0.25) is 0 Å². The van der Waals surface area contributed by atoms with Crippen LogP contribution in [0.3, 0.4) is 0 Å². The van der Waals surface area contributed by atoms with Crippen LogP contribution in [0.5, 0.6) is 0 Å². The van der Waals surface area contributed by atoms with Gasteiger partial charge in [0.05, 0.1) is 5.56 Å². The van der Waals surface area contributed by atoms with Crippen LogP contribution in [0, 0.1) is 5.41 Å². The summed E-state index contributed by atoms with van der Waals surface area (Å²) in [4.78, 5) is 24.7. The summed E-state index contributed by atoms with van der Waals surface area (Å²) in [7, 11) is 1.73. The maximum Gasteiger partial charge on any atom is 0.335 e. The van der Waals surface area contributed by atoms with E-state index in [4.69, 9.17) is 5.11 Å². The first-order valence-corrected chi connectivity index (χ1v) is 7.21.